The van der Waals surface area contributed by atoms with Crippen LogP contribution in [0.15, 0.2) is 0 Å². The van der Waals surface area contributed by atoms with E-state index >= 15 is 0 Å². The Hall–Kier alpha value is -0.770. The van der Waals surface area contributed by atoms with Crippen LogP contribution < -0.4 is 11.1 Å². The third-order valence-electron chi connectivity index (χ3n) is 0.847. The maximum absolute atomic E-state index is 10.1. The number of hydrogen-bond acceptors (Lipinski definition) is 2. The molecule has 9 heavy (non-hydrogen) atoms. The van der Waals surface area contributed by atoms with E-state index in [1.54, 1.807) is 13.8 Å². The summed E-state index contributed by atoms with van der Waals surface area (Å²) >= 11 is 0. The van der Waals surface area contributed by atoms with Crippen molar-refractivity contribution in [2.45, 2.75) is 19.4 Å². The van der Waals surface area contributed by atoms with Gasteiger partial charge in [-0.15, -0.1) is 0 Å². The summed E-state index contributed by atoms with van der Waals surface area (Å²) in [6.07, 6.45) is 0. The predicted octanol–water partition coefficient (Wildman–Crippen LogP) is -0.250. The van der Waals surface area contributed by atoms with E-state index in [9.17, 15) is 4.79 Å². The lowest BCUT2D eigenvalue weighted by atomic mass is 10.1. The minimum absolute atomic E-state index is 0.155. The molecule has 0 aromatic heterocycles. The number of rotatable bonds is 2. The van der Waals surface area contributed by atoms with Crippen molar-refractivity contribution >= 4 is 6.03 Å². The van der Waals surface area contributed by atoms with Gasteiger partial charge in [0.1, 0.15) is 0 Å². The zero-order valence-corrected chi connectivity index (χ0v) is 5.56. The van der Waals surface area contributed by atoms with E-state index < -0.39 is 11.6 Å². The summed E-state index contributed by atoms with van der Waals surface area (Å²) in [4.78, 5) is 10.1. The zero-order valence-electron chi connectivity index (χ0n) is 5.56. The van der Waals surface area contributed by atoms with Crippen LogP contribution in [-0.2, 0) is 0 Å². The molecule has 0 heterocycles. The van der Waals surface area contributed by atoms with Crippen molar-refractivity contribution in [2.75, 3.05) is 6.61 Å². The summed E-state index contributed by atoms with van der Waals surface area (Å²) in [5.74, 6) is 0. The lowest BCUT2D eigenvalue weighted by Crippen LogP contribution is -2.46. The Morgan fingerprint density at radius 1 is 1.78 bits per heavy atom. The number of aliphatic hydroxyl groups is 1. The third kappa shape index (κ3) is 3.78. The number of aliphatic hydroxyl groups excluding tert-OH is 1. The molecule has 0 aliphatic rings. The van der Waals surface area contributed by atoms with Gasteiger partial charge in [-0.25, -0.2) is 10.5 Å². The molecule has 1 radical (unpaired) electrons. The molecule has 0 saturated carbocycles. The summed E-state index contributed by atoms with van der Waals surface area (Å²) in [7, 11) is 0. The van der Waals surface area contributed by atoms with Crippen LogP contribution in [0.2, 0.25) is 0 Å². The number of hydrogen-bond donors (Lipinski definition) is 2. The van der Waals surface area contributed by atoms with Gasteiger partial charge in [0, 0.05) is 0 Å². The second kappa shape index (κ2) is 2.68. The van der Waals surface area contributed by atoms with Crippen LogP contribution in [0.25, 0.3) is 0 Å². The molecule has 3 N–H and O–H groups in total. The van der Waals surface area contributed by atoms with Gasteiger partial charge in [-0.05, 0) is 13.8 Å². The highest BCUT2D eigenvalue weighted by molar-refractivity contribution is 5.71. The van der Waals surface area contributed by atoms with Gasteiger partial charge >= 0.3 is 6.03 Å². The molecule has 0 rings (SSSR count). The molecule has 0 aliphatic heterocycles. The molecule has 0 bridgehead atoms. The molecule has 0 saturated heterocycles. The molecule has 4 heteroatoms. The Morgan fingerprint density at radius 3 is 2.33 bits per heavy atom. The largest absolute Gasteiger partial charge is 0.394 e. The van der Waals surface area contributed by atoms with Crippen molar-refractivity contribution in [1.82, 2.24) is 11.1 Å². The first kappa shape index (κ1) is 8.23. The van der Waals surface area contributed by atoms with Gasteiger partial charge in [-0.3, -0.25) is 0 Å². The second-order valence-corrected chi connectivity index (χ2v) is 2.50. The van der Waals surface area contributed by atoms with Crippen LogP contribution in [0.1, 0.15) is 13.8 Å². The second-order valence-electron chi connectivity index (χ2n) is 2.50. The first-order valence-corrected chi connectivity index (χ1v) is 2.62. The Morgan fingerprint density at radius 2 is 2.22 bits per heavy atom. The monoisotopic (exact) mass is 131 g/mol. The molecule has 0 unspecified atom stereocenters. The predicted molar refractivity (Wildman–Crippen MR) is 32.8 cm³/mol. The standard InChI is InChI=1S/C5H11N2O2/c1-5(2,3-8)7-4(6)9/h6,8H,3H2,1-2H3,(H,7,9). The number of nitrogens with one attached hydrogen (secondary N) is 2. The molecule has 0 fully saturated rings. The van der Waals surface area contributed by atoms with Crippen LogP contribution in [0.3, 0.4) is 0 Å². The summed E-state index contributed by atoms with van der Waals surface area (Å²) in [5.41, 5.74) is 5.81. The normalized spacial score (nSPS) is 11.0. The van der Waals surface area contributed by atoms with Crippen molar-refractivity contribution in [3.63, 3.8) is 0 Å². The van der Waals surface area contributed by atoms with E-state index in [-0.39, 0.29) is 6.61 Å². The van der Waals surface area contributed by atoms with Crippen molar-refractivity contribution in [3.8, 4) is 0 Å². The van der Waals surface area contributed by atoms with E-state index in [1.165, 1.54) is 0 Å². The number of amides is 2. The average molecular weight is 131 g/mol. The third-order valence-corrected chi connectivity index (χ3v) is 0.847. The summed E-state index contributed by atoms with van der Waals surface area (Å²) < 4.78 is 0. The van der Waals surface area contributed by atoms with Gasteiger partial charge in [0.25, 0.3) is 0 Å². The topological polar surface area (TPSA) is 73.1 Å². The minimum atomic E-state index is -0.867. The summed E-state index contributed by atoms with van der Waals surface area (Å²) in [5, 5.41) is 10.8. The van der Waals surface area contributed by atoms with Gasteiger partial charge in [0.15, 0.2) is 0 Å². The van der Waals surface area contributed by atoms with Crippen LogP contribution in [0.4, 0.5) is 4.79 Å². The Balaban J connectivity index is 3.71. The molecular formula is C5H11N2O2. The lowest BCUT2D eigenvalue weighted by molar-refractivity contribution is 0.185. The van der Waals surface area contributed by atoms with Crippen LogP contribution in [-0.4, -0.2) is 23.3 Å². The van der Waals surface area contributed by atoms with Gasteiger partial charge in [0.2, 0.25) is 0 Å². The molecule has 2 amide bonds. The van der Waals surface area contributed by atoms with Crippen molar-refractivity contribution in [3.05, 3.63) is 0 Å². The molecule has 0 atom stereocenters. The molecule has 0 spiro atoms. The van der Waals surface area contributed by atoms with Gasteiger partial charge in [0.05, 0.1) is 12.1 Å². The first-order valence-electron chi connectivity index (χ1n) is 2.62. The fourth-order valence-corrected chi connectivity index (χ4v) is 0.347. The molecule has 4 nitrogen and oxygen atoms in total. The molecule has 0 aliphatic carbocycles. The Kier molecular flexibility index (Phi) is 2.45. The molecule has 53 valence electrons. The highest BCUT2D eigenvalue weighted by Crippen LogP contribution is 1.97. The van der Waals surface area contributed by atoms with Gasteiger partial charge in [-0.1, -0.05) is 0 Å². The van der Waals surface area contributed by atoms with Crippen molar-refractivity contribution in [1.29, 1.82) is 0 Å². The fourth-order valence-electron chi connectivity index (χ4n) is 0.347. The van der Waals surface area contributed by atoms with E-state index in [4.69, 9.17) is 10.8 Å². The maximum atomic E-state index is 10.1. The van der Waals surface area contributed by atoms with Crippen molar-refractivity contribution < 1.29 is 9.90 Å². The highest BCUT2D eigenvalue weighted by Gasteiger charge is 2.16. The van der Waals surface area contributed by atoms with E-state index in [1.807, 2.05) is 0 Å². The van der Waals surface area contributed by atoms with Crippen LogP contribution in [0, 0.1) is 0 Å². The maximum Gasteiger partial charge on any atom is 0.334 e. The number of carbonyl (C=O) groups excluding carboxylic acids is 1. The minimum Gasteiger partial charge on any atom is -0.394 e. The lowest BCUT2D eigenvalue weighted by Gasteiger charge is -2.21. The molecule has 0 aromatic rings. The van der Waals surface area contributed by atoms with Gasteiger partial charge in [-0.2, -0.15) is 0 Å². The fraction of sp³-hybridized carbons (Fsp3) is 0.800. The van der Waals surface area contributed by atoms with Gasteiger partial charge < -0.3 is 10.4 Å². The first-order chi connectivity index (χ1) is 3.98. The summed E-state index contributed by atoms with van der Waals surface area (Å²) in [6.45, 7) is 3.12. The Labute approximate surface area is 54.0 Å². The average Bonchev–Trinajstić information content (AvgIpc) is 1.63. The molecular weight excluding hydrogens is 120 g/mol. The van der Waals surface area contributed by atoms with Crippen LogP contribution in [0.5, 0.6) is 0 Å². The molecule has 0 aromatic carbocycles. The van der Waals surface area contributed by atoms with E-state index in [2.05, 4.69) is 5.32 Å². The number of carbonyl (C=O) groups is 1. The zero-order chi connectivity index (χ0) is 7.49. The van der Waals surface area contributed by atoms with Crippen LogP contribution >= 0.6 is 0 Å². The highest BCUT2D eigenvalue weighted by atomic mass is 16.3. The van der Waals surface area contributed by atoms with E-state index in [0.29, 0.717) is 0 Å². The SMILES string of the molecule is CC(C)(CO)NC([NH])=O. The smallest absolute Gasteiger partial charge is 0.334 e. The van der Waals surface area contributed by atoms with E-state index in [0.717, 1.165) is 0 Å². The Bertz CT molecular complexity index is 112. The summed E-state index contributed by atoms with van der Waals surface area (Å²) in [6, 6.07) is -0.867. The quantitative estimate of drug-likeness (QED) is 0.542. The van der Waals surface area contributed by atoms with Crippen molar-refractivity contribution in [2.24, 2.45) is 0 Å². The number of urea groups is 1.